The Balaban J connectivity index is 1.87. The van der Waals surface area contributed by atoms with Crippen molar-refractivity contribution in [2.24, 2.45) is 5.73 Å². The zero-order valence-corrected chi connectivity index (χ0v) is 15.7. The fourth-order valence-electron chi connectivity index (χ4n) is 2.40. The van der Waals surface area contributed by atoms with E-state index in [9.17, 15) is 22.8 Å². The zero-order chi connectivity index (χ0) is 21.7. The molecule has 0 aliphatic rings. The Kier molecular flexibility index (Phi) is 6.20. The summed E-state index contributed by atoms with van der Waals surface area (Å²) in [6.45, 7) is 0. The van der Waals surface area contributed by atoms with Crippen LogP contribution in [-0.4, -0.2) is 38.5 Å². The van der Waals surface area contributed by atoms with Crippen LogP contribution in [0.4, 0.5) is 18.0 Å². The van der Waals surface area contributed by atoms with E-state index in [1.165, 1.54) is 16.8 Å². The maximum atomic E-state index is 12.5. The number of thioether (sulfide) groups is 1. The molecule has 0 aliphatic heterocycles. The van der Waals surface area contributed by atoms with Crippen LogP contribution >= 0.6 is 11.8 Å². The summed E-state index contributed by atoms with van der Waals surface area (Å²) in [5.41, 5.74) is 5.94. The smallest absolute Gasteiger partial charge is 0.406 e. The molecule has 1 heterocycles. The van der Waals surface area contributed by atoms with Gasteiger partial charge in [0.2, 0.25) is 11.1 Å². The fraction of sp³-hybridized carbons (Fsp3) is 0.118. The zero-order valence-electron chi connectivity index (χ0n) is 14.9. The van der Waals surface area contributed by atoms with Crippen molar-refractivity contribution in [2.45, 2.75) is 16.8 Å². The van der Waals surface area contributed by atoms with Gasteiger partial charge < -0.3 is 10.5 Å². The number of halogens is 3. The van der Waals surface area contributed by atoms with Crippen LogP contribution in [0.15, 0.2) is 59.8 Å². The van der Waals surface area contributed by atoms with E-state index in [1.54, 1.807) is 30.3 Å². The van der Waals surface area contributed by atoms with Crippen molar-refractivity contribution in [1.29, 1.82) is 0 Å². The van der Waals surface area contributed by atoms with E-state index in [0.717, 1.165) is 23.9 Å². The first-order valence-electron chi connectivity index (χ1n) is 8.19. The Morgan fingerprint density at radius 2 is 1.77 bits per heavy atom. The Labute approximate surface area is 171 Å². The van der Waals surface area contributed by atoms with Gasteiger partial charge in [0.15, 0.2) is 0 Å². The average molecular weight is 438 g/mol. The fourth-order valence-corrected chi connectivity index (χ4v) is 3.39. The molecule has 3 N–H and O–H groups in total. The molecule has 3 rings (SSSR count). The minimum Gasteiger partial charge on any atom is -0.406 e. The highest BCUT2D eigenvalue weighted by molar-refractivity contribution is 8.00. The number of nitrogens with two attached hydrogens (primary N) is 1. The molecule has 0 spiro atoms. The summed E-state index contributed by atoms with van der Waals surface area (Å²) in [7, 11) is 0. The Bertz CT molecular complexity index is 1030. The van der Waals surface area contributed by atoms with E-state index in [2.05, 4.69) is 20.3 Å². The maximum absolute atomic E-state index is 12.5. The molecule has 156 valence electrons. The van der Waals surface area contributed by atoms with Crippen molar-refractivity contribution in [2.75, 3.05) is 0 Å². The molecule has 0 radical (unpaired) electrons. The first kappa shape index (κ1) is 21.1. The quantitative estimate of drug-likeness (QED) is 0.567. The molecule has 0 bridgehead atoms. The Morgan fingerprint density at radius 3 is 2.37 bits per heavy atom. The van der Waals surface area contributed by atoms with Gasteiger partial charge in [0.05, 0.1) is 5.69 Å². The van der Waals surface area contributed by atoms with Gasteiger partial charge in [0.25, 0.3) is 0 Å². The van der Waals surface area contributed by atoms with Crippen LogP contribution in [0, 0.1) is 0 Å². The summed E-state index contributed by atoms with van der Waals surface area (Å²) < 4.78 is 42.0. The number of nitrogens with zero attached hydrogens (tertiary/aromatic N) is 4. The van der Waals surface area contributed by atoms with Crippen LogP contribution in [0.3, 0.4) is 0 Å². The van der Waals surface area contributed by atoms with Crippen molar-refractivity contribution in [1.82, 2.24) is 25.5 Å². The van der Waals surface area contributed by atoms with Gasteiger partial charge in [-0.2, -0.15) is 4.68 Å². The number of alkyl halides is 3. The van der Waals surface area contributed by atoms with Crippen LogP contribution in [-0.2, 0) is 4.79 Å². The van der Waals surface area contributed by atoms with E-state index in [-0.39, 0.29) is 5.16 Å². The molecule has 1 aromatic heterocycles. The number of imide groups is 1. The topological polar surface area (TPSA) is 125 Å². The summed E-state index contributed by atoms with van der Waals surface area (Å²) in [5, 5.41) is 12.5. The molecular formula is C17H13F3N6O3S. The number of hydrogen-bond donors (Lipinski definition) is 2. The highest BCUT2D eigenvalue weighted by Gasteiger charge is 2.31. The molecule has 0 aliphatic carbocycles. The van der Waals surface area contributed by atoms with Crippen LogP contribution in [0.2, 0.25) is 0 Å². The van der Waals surface area contributed by atoms with Crippen LogP contribution < -0.4 is 15.8 Å². The molecule has 30 heavy (non-hydrogen) atoms. The summed E-state index contributed by atoms with van der Waals surface area (Å²) in [5.74, 6) is -1.08. The lowest BCUT2D eigenvalue weighted by Crippen LogP contribution is -2.37. The number of carbonyl (C=O) groups is 2. The SMILES string of the molecule is NC(=O)NC(=O)[C@H](Sc1nnnn1-c1ccc(OC(F)(F)F)cc1)c1ccccc1. The van der Waals surface area contributed by atoms with Crippen LogP contribution in [0.5, 0.6) is 5.75 Å². The third-order valence-corrected chi connectivity index (χ3v) is 4.75. The lowest BCUT2D eigenvalue weighted by molar-refractivity contribution is -0.274. The number of urea groups is 1. The molecule has 13 heteroatoms. The highest BCUT2D eigenvalue weighted by Crippen LogP contribution is 2.35. The number of ether oxygens (including phenoxy) is 1. The second-order valence-electron chi connectivity index (χ2n) is 5.68. The molecule has 3 aromatic rings. The molecule has 2 aromatic carbocycles. The van der Waals surface area contributed by atoms with E-state index >= 15 is 0 Å². The number of nitrogens with one attached hydrogen (secondary N) is 1. The molecule has 9 nitrogen and oxygen atoms in total. The lowest BCUT2D eigenvalue weighted by atomic mass is 10.1. The van der Waals surface area contributed by atoms with E-state index in [0.29, 0.717) is 11.3 Å². The monoisotopic (exact) mass is 438 g/mol. The molecule has 1 atom stereocenters. The summed E-state index contributed by atoms with van der Waals surface area (Å²) in [6, 6.07) is 12.4. The number of amides is 3. The maximum Gasteiger partial charge on any atom is 0.573 e. The van der Waals surface area contributed by atoms with Gasteiger partial charge in [-0.05, 0) is 40.3 Å². The number of tetrazole rings is 1. The van der Waals surface area contributed by atoms with Gasteiger partial charge in [0.1, 0.15) is 11.0 Å². The standard InChI is InChI=1S/C17H13F3N6O3S/c18-17(19,20)29-12-8-6-11(7-9-12)26-16(23-24-25-26)30-13(14(27)22-15(21)28)10-4-2-1-3-5-10/h1-9,13H,(H3,21,22,27,28)/t13-/m1/s1. The largest absolute Gasteiger partial charge is 0.573 e. The molecule has 0 saturated heterocycles. The Hall–Kier alpha value is -3.61. The van der Waals surface area contributed by atoms with Crippen molar-refractivity contribution in [3.05, 3.63) is 60.2 Å². The van der Waals surface area contributed by atoms with Crippen molar-refractivity contribution >= 4 is 23.7 Å². The third-order valence-electron chi connectivity index (χ3n) is 3.57. The van der Waals surface area contributed by atoms with Gasteiger partial charge in [-0.15, -0.1) is 18.3 Å². The van der Waals surface area contributed by atoms with Gasteiger partial charge in [-0.25, -0.2) is 4.79 Å². The predicted molar refractivity (Wildman–Crippen MR) is 98.6 cm³/mol. The van der Waals surface area contributed by atoms with Gasteiger partial charge in [0, 0.05) is 0 Å². The summed E-state index contributed by atoms with van der Waals surface area (Å²) in [4.78, 5) is 23.6. The van der Waals surface area contributed by atoms with E-state index in [4.69, 9.17) is 5.73 Å². The van der Waals surface area contributed by atoms with E-state index < -0.39 is 29.3 Å². The van der Waals surface area contributed by atoms with E-state index in [1.807, 2.05) is 5.32 Å². The number of primary amides is 1. The van der Waals surface area contributed by atoms with Gasteiger partial charge in [-0.3, -0.25) is 10.1 Å². The number of aromatic nitrogens is 4. The van der Waals surface area contributed by atoms with Crippen molar-refractivity contribution in [3.8, 4) is 11.4 Å². The molecular weight excluding hydrogens is 425 g/mol. The minimum atomic E-state index is -4.81. The van der Waals surface area contributed by atoms with Gasteiger partial charge >= 0.3 is 12.4 Å². The number of benzene rings is 2. The highest BCUT2D eigenvalue weighted by atomic mass is 32.2. The predicted octanol–water partition coefficient (Wildman–Crippen LogP) is 2.59. The molecule has 3 amide bonds. The van der Waals surface area contributed by atoms with Crippen molar-refractivity contribution < 1.29 is 27.5 Å². The second-order valence-corrected chi connectivity index (χ2v) is 6.75. The molecule has 0 unspecified atom stereocenters. The number of carbonyl (C=O) groups excluding carboxylic acids is 2. The third kappa shape index (κ3) is 5.47. The first-order chi connectivity index (χ1) is 14.2. The second kappa shape index (κ2) is 8.82. The van der Waals surface area contributed by atoms with Gasteiger partial charge in [-0.1, -0.05) is 42.1 Å². The molecule has 0 fully saturated rings. The van der Waals surface area contributed by atoms with Crippen LogP contribution in [0.1, 0.15) is 10.8 Å². The van der Waals surface area contributed by atoms with Crippen molar-refractivity contribution in [3.63, 3.8) is 0 Å². The summed E-state index contributed by atoms with van der Waals surface area (Å²) >= 11 is 0.930. The Morgan fingerprint density at radius 1 is 1.10 bits per heavy atom. The summed E-state index contributed by atoms with van der Waals surface area (Å²) in [6.07, 6.45) is -4.81. The van der Waals surface area contributed by atoms with Crippen LogP contribution in [0.25, 0.3) is 5.69 Å². The first-order valence-corrected chi connectivity index (χ1v) is 9.07. The average Bonchev–Trinajstić information content (AvgIpc) is 3.14. The normalized spacial score (nSPS) is 12.2. The lowest BCUT2D eigenvalue weighted by Gasteiger charge is -2.15. The number of rotatable bonds is 6. The molecule has 0 saturated carbocycles. The minimum absolute atomic E-state index is 0.160. The number of hydrogen-bond acceptors (Lipinski definition) is 7.